The average Bonchev–Trinajstić information content (AvgIpc) is 2.63. The number of esters is 1. The zero-order chi connectivity index (χ0) is 17.7. The molecule has 0 aromatic heterocycles. The summed E-state index contributed by atoms with van der Waals surface area (Å²) in [6, 6.07) is 21.1. The molecule has 0 heterocycles. The lowest BCUT2D eigenvalue weighted by molar-refractivity contribution is -0.137. The minimum Gasteiger partial charge on any atom is -0.463 e. The second-order valence-corrected chi connectivity index (χ2v) is 5.98. The third kappa shape index (κ3) is 7.81. The van der Waals surface area contributed by atoms with Crippen LogP contribution >= 0.6 is 0 Å². The normalized spacial score (nSPS) is 11.1. The molecule has 0 aliphatic rings. The van der Waals surface area contributed by atoms with Crippen LogP contribution in [0.4, 0.5) is 0 Å². The van der Waals surface area contributed by atoms with Crippen LogP contribution in [-0.4, -0.2) is 24.0 Å². The maximum atomic E-state index is 11.3. The van der Waals surface area contributed by atoms with Crippen LogP contribution < -0.4 is 0 Å². The maximum absolute atomic E-state index is 11.3. The molecule has 2 aromatic carbocycles. The van der Waals surface area contributed by atoms with Gasteiger partial charge in [0, 0.05) is 19.2 Å². The molecule has 0 spiro atoms. The predicted octanol–water partition coefficient (Wildman–Crippen LogP) is 4.59. The Labute approximate surface area is 150 Å². The van der Waals surface area contributed by atoms with Gasteiger partial charge in [-0.3, -0.25) is 4.90 Å². The van der Waals surface area contributed by atoms with Gasteiger partial charge in [0.1, 0.15) is 0 Å². The van der Waals surface area contributed by atoms with E-state index in [1.165, 1.54) is 17.2 Å². The number of allylic oxidation sites excluding steroid dienone is 1. The molecule has 2 aromatic rings. The summed E-state index contributed by atoms with van der Waals surface area (Å²) in [4.78, 5) is 13.8. The smallest absolute Gasteiger partial charge is 0.330 e. The fourth-order valence-corrected chi connectivity index (χ4v) is 2.70. The molecule has 2 rings (SSSR count). The molecule has 25 heavy (non-hydrogen) atoms. The summed E-state index contributed by atoms with van der Waals surface area (Å²) in [5.74, 6) is -0.257. The number of nitrogens with zero attached hydrogens (tertiary/aromatic N) is 1. The molecule has 0 unspecified atom stereocenters. The van der Waals surface area contributed by atoms with Gasteiger partial charge in [-0.2, -0.15) is 0 Å². The van der Waals surface area contributed by atoms with Gasteiger partial charge in [0.2, 0.25) is 0 Å². The van der Waals surface area contributed by atoms with Gasteiger partial charge in [-0.15, -0.1) is 0 Å². The number of rotatable bonds is 10. The van der Waals surface area contributed by atoms with Crippen molar-refractivity contribution in [2.45, 2.75) is 32.9 Å². The molecule has 0 radical (unpaired) electrons. The van der Waals surface area contributed by atoms with Crippen molar-refractivity contribution in [3.63, 3.8) is 0 Å². The van der Waals surface area contributed by atoms with Gasteiger partial charge in [0.05, 0.1) is 6.61 Å². The molecule has 132 valence electrons. The van der Waals surface area contributed by atoms with Gasteiger partial charge in [0.15, 0.2) is 0 Å². The number of benzene rings is 2. The Balaban J connectivity index is 1.87. The standard InChI is InChI=1S/C22H27NO2/c1-2-25-22(24)16-10-5-11-17-23(18-20-12-6-3-7-13-20)19-21-14-8-4-9-15-21/h3-4,6-10,12-16H,2,5,11,17-19H2,1H3/b16-10+. The number of ether oxygens (including phenoxy) is 1. The van der Waals surface area contributed by atoms with Crippen molar-refractivity contribution in [1.82, 2.24) is 4.90 Å². The van der Waals surface area contributed by atoms with E-state index >= 15 is 0 Å². The molecule has 0 atom stereocenters. The van der Waals surface area contributed by atoms with Crippen LogP contribution in [0, 0.1) is 0 Å². The summed E-state index contributed by atoms with van der Waals surface area (Å²) < 4.78 is 4.89. The molecule has 0 saturated heterocycles. The van der Waals surface area contributed by atoms with Crippen LogP contribution in [0.1, 0.15) is 30.9 Å². The second-order valence-electron chi connectivity index (χ2n) is 5.98. The second kappa shape index (κ2) is 11.2. The molecule has 3 nitrogen and oxygen atoms in total. The lowest BCUT2D eigenvalue weighted by atomic mass is 10.1. The Morgan fingerprint density at radius 3 is 2.04 bits per heavy atom. The zero-order valence-electron chi connectivity index (χ0n) is 14.9. The lowest BCUT2D eigenvalue weighted by Crippen LogP contribution is -2.24. The molecule has 0 aliphatic heterocycles. The molecule has 0 aliphatic carbocycles. The van der Waals surface area contributed by atoms with E-state index in [-0.39, 0.29) is 5.97 Å². The number of carbonyl (C=O) groups is 1. The fraction of sp³-hybridized carbons (Fsp3) is 0.318. The Bertz CT molecular complexity index is 596. The number of carbonyl (C=O) groups excluding carboxylic acids is 1. The molecule has 0 bridgehead atoms. The molecule has 0 amide bonds. The maximum Gasteiger partial charge on any atom is 0.330 e. The van der Waals surface area contributed by atoms with Crippen LogP contribution in [0.2, 0.25) is 0 Å². The summed E-state index contributed by atoms with van der Waals surface area (Å²) in [6.45, 7) is 5.08. The first-order chi connectivity index (χ1) is 12.3. The summed E-state index contributed by atoms with van der Waals surface area (Å²) >= 11 is 0. The highest BCUT2D eigenvalue weighted by molar-refractivity contribution is 5.81. The van der Waals surface area contributed by atoms with E-state index in [9.17, 15) is 4.79 Å². The molecule has 3 heteroatoms. The summed E-state index contributed by atoms with van der Waals surface area (Å²) in [5.41, 5.74) is 2.64. The Kier molecular flexibility index (Phi) is 8.50. The molecular formula is C22H27NO2. The minimum atomic E-state index is -0.257. The van der Waals surface area contributed by atoms with Crippen molar-refractivity contribution in [1.29, 1.82) is 0 Å². The number of unbranched alkanes of at least 4 members (excludes halogenated alkanes) is 1. The predicted molar refractivity (Wildman–Crippen MR) is 102 cm³/mol. The third-order valence-corrected chi connectivity index (χ3v) is 3.88. The average molecular weight is 337 g/mol. The van der Waals surface area contributed by atoms with Gasteiger partial charge < -0.3 is 4.74 Å². The van der Waals surface area contributed by atoms with E-state index in [1.807, 2.05) is 25.1 Å². The van der Waals surface area contributed by atoms with Gasteiger partial charge in [0.25, 0.3) is 0 Å². The van der Waals surface area contributed by atoms with E-state index in [2.05, 4.69) is 53.4 Å². The van der Waals surface area contributed by atoms with Gasteiger partial charge in [-0.05, 0) is 37.4 Å². The van der Waals surface area contributed by atoms with E-state index in [0.717, 1.165) is 32.5 Å². The van der Waals surface area contributed by atoms with Crippen molar-refractivity contribution in [2.24, 2.45) is 0 Å². The molecule has 0 saturated carbocycles. The van der Waals surface area contributed by atoms with E-state index < -0.39 is 0 Å². The number of hydrogen-bond donors (Lipinski definition) is 0. The van der Waals surface area contributed by atoms with Crippen molar-refractivity contribution in [3.05, 3.63) is 83.9 Å². The first kappa shape index (κ1) is 18.9. The van der Waals surface area contributed by atoms with Crippen LogP contribution in [0.3, 0.4) is 0 Å². The van der Waals surface area contributed by atoms with Crippen molar-refractivity contribution in [2.75, 3.05) is 13.2 Å². The van der Waals surface area contributed by atoms with E-state index in [0.29, 0.717) is 6.61 Å². The first-order valence-electron chi connectivity index (χ1n) is 8.91. The summed E-state index contributed by atoms with van der Waals surface area (Å²) in [5, 5.41) is 0. The van der Waals surface area contributed by atoms with Crippen LogP contribution in [0.5, 0.6) is 0 Å². The molecular weight excluding hydrogens is 310 g/mol. The highest BCUT2D eigenvalue weighted by Crippen LogP contribution is 2.11. The summed E-state index contributed by atoms with van der Waals surface area (Å²) in [6.07, 6.45) is 5.32. The Morgan fingerprint density at radius 1 is 0.960 bits per heavy atom. The molecule has 0 fully saturated rings. The van der Waals surface area contributed by atoms with Gasteiger partial charge in [-0.25, -0.2) is 4.79 Å². The monoisotopic (exact) mass is 337 g/mol. The third-order valence-electron chi connectivity index (χ3n) is 3.88. The quantitative estimate of drug-likeness (QED) is 0.361. The van der Waals surface area contributed by atoms with Crippen molar-refractivity contribution >= 4 is 5.97 Å². The highest BCUT2D eigenvalue weighted by atomic mass is 16.5. The van der Waals surface area contributed by atoms with Gasteiger partial charge in [-0.1, -0.05) is 66.7 Å². The minimum absolute atomic E-state index is 0.257. The van der Waals surface area contributed by atoms with Gasteiger partial charge >= 0.3 is 5.97 Å². The van der Waals surface area contributed by atoms with Crippen molar-refractivity contribution in [3.8, 4) is 0 Å². The topological polar surface area (TPSA) is 29.5 Å². The first-order valence-corrected chi connectivity index (χ1v) is 8.91. The number of hydrogen-bond acceptors (Lipinski definition) is 3. The van der Waals surface area contributed by atoms with Crippen LogP contribution in [-0.2, 0) is 22.6 Å². The molecule has 0 N–H and O–H groups in total. The van der Waals surface area contributed by atoms with Crippen LogP contribution in [0.25, 0.3) is 0 Å². The van der Waals surface area contributed by atoms with E-state index in [1.54, 1.807) is 0 Å². The fourth-order valence-electron chi connectivity index (χ4n) is 2.70. The highest BCUT2D eigenvalue weighted by Gasteiger charge is 2.06. The lowest BCUT2D eigenvalue weighted by Gasteiger charge is -2.22. The van der Waals surface area contributed by atoms with Crippen molar-refractivity contribution < 1.29 is 9.53 Å². The Hall–Kier alpha value is -2.39. The van der Waals surface area contributed by atoms with E-state index in [4.69, 9.17) is 4.74 Å². The van der Waals surface area contributed by atoms with Crippen LogP contribution in [0.15, 0.2) is 72.8 Å². The zero-order valence-corrected chi connectivity index (χ0v) is 14.9. The SMILES string of the molecule is CCOC(=O)/C=C/CCCN(Cc1ccccc1)Cc1ccccc1. The summed E-state index contributed by atoms with van der Waals surface area (Å²) in [7, 11) is 0. The Morgan fingerprint density at radius 2 is 1.52 bits per heavy atom. The largest absolute Gasteiger partial charge is 0.463 e.